The summed E-state index contributed by atoms with van der Waals surface area (Å²) in [6.45, 7) is 2.18. The fourth-order valence-corrected chi connectivity index (χ4v) is 2.29. The molecule has 1 aromatic rings. The zero-order valence-electron chi connectivity index (χ0n) is 9.66. The number of amides is 1. The SMILES string of the molecule is CC1CC(NC(=O)c2cc(Cl)ccc2NN)C1. The van der Waals surface area contributed by atoms with Crippen LogP contribution in [0.2, 0.25) is 5.02 Å². The van der Waals surface area contributed by atoms with Crippen molar-refractivity contribution in [2.75, 3.05) is 5.43 Å². The van der Waals surface area contributed by atoms with E-state index in [1.54, 1.807) is 18.2 Å². The van der Waals surface area contributed by atoms with Crippen molar-refractivity contribution in [3.8, 4) is 0 Å². The molecule has 0 saturated heterocycles. The van der Waals surface area contributed by atoms with E-state index in [1.165, 1.54) is 0 Å². The Balaban J connectivity index is 2.09. The van der Waals surface area contributed by atoms with Gasteiger partial charge in [-0.15, -0.1) is 0 Å². The Hall–Kier alpha value is -1.26. The Labute approximate surface area is 105 Å². The van der Waals surface area contributed by atoms with Crippen molar-refractivity contribution in [1.82, 2.24) is 5.32 Å². The van der Waals surface area contributed by atoms with Crippen LogP contribution in [-0.4, -0.2) is 11.9 Å². The summed E-state index contributed by atoms with van der Waals surface area (Å²) in [5.41, 5.74) is 3.57. The first-order chi connectivity index (χ1) is 8.10. The van der Waals surface area contributed by atoms with Gasteiger partial charge in [0.1, 0.15) is 0 Å². The minimum absolute atomic E-state index is 0.127. The van der Waals surface area contributed by atoms with Gasteiger partial charge in [-0.25, -0.2) is 0 Å². The fraction of sp³-hybridized carbons (Fsp3) is 0.417. The number of carbonyl (C=O) groups excluding carboxylic acids is 1. The Kier molecular flexibility index (Phi) is 3.54. The van der Waals surface area contributed by atoms with Crippen molar-refractivity contribution in [3.63, 3.8) is 0 Å². The lowest BCUT2D eigenvalue weighted by Gasteiger charge is -2.33. The average Bonchev–Trinajstić information content (AvgIpc) is 2.27. The molecule has 17 heavy (non-hydrogen) atoms. The molecule has 1 aromatic carbocycles. The molecule has 1 amide bonds. The van der Waals surface area contributed by atoms with Gasteiger partial charge in [0.25, 0.3) is 5.91 Å². The number of benzene rings is 1. The van der Waals surface area contributed by atoms with Gasteiger partial charge < -0.3 is 10.7 Å². The number of nitrogen functional groups attached to an aromatic ring is 1. The molecule has 0 atom stereocenters. The van der Waals surface area contributed by atoms with E-state index in [-0.39, 0.29) is 11.9 Å². The largest absolute Gasteiger partial charge is 0.349 e. The van der Waals surface area contributed by atoms with Gasteiger partial charge >= 0.3 is 0 Å². The molecule has 92 valence electrons. The summed E-state index contributed by atoms with van der Waals surface area (Å²) in [5, 5.41) is 3.50. The molecular weight excluding hydrogens is 238 g/mol. The number of nitrogens with one attached hydrogen (secondary N) is 2. The third-order valence-electron chi connectivity index (χ3n) is 3.09. The molecule has 4 nitrogen and oxygen atoms in total. The van der Waals surface area contributed by atoms with Crippen LogP contribution in [0.4, 0.5) is 5.69 Å². The zero-order chi connectivity index (χ0) is 12.4. The van der Waals surface area contributed by atoms with Gasteiger partial charge in [-0.3, -0.25) is 10.6 Å². The summed E-state index contributed by atoms with van der Waals surface area (Å²) in [6, 6.07) is 5.29. The van der Waals surface area contributed by atoms with E-state index in [9.17, 15) is 4.79 Å². The average molecular weight is 254 g/mol. The number of hydrogen-bond donors (Lipinski definition) is 3. The molecule has 1 aliphatic carbocycles. The normalized spacial score (nSPS) is 22.8. The highest BCUT2D eigenvalue weighted by Gasteiger charge is 2.27. The van der Waals surface area contributed by atoms with Crippen LogP contribution in [0.25, 0.3) is 0 Å². The molecule has 2 rings (SSSR count). The van der Waals surface area contributed by atoms with E-state index >= 15 is 0 Å². The topological polar surface area (TPSA) is 67.2 Å². The van der Waals surface area contributed by atoms with E-state index in [0.29, 0.717) is 22.2 Å². The minimum atomic E-state index is -0.127. The van der Waals surface area contributed by atoms with E-state index in [1.807, 2.05) is 0 Å². The molecule has 0 aliphatic heterocycles. The standard InChI is InChI=1S/C12H16ClN3O/c1-7-4-9(5-7)15-12(17)10-6-8(13)2-3-11(10)16-14/h2-3,6-7,9,16H,4-5,14H2,1H3,(H,15,17). The molecule has 0 aromatic heterocycles. The highest BCUT2D eigenvalue weighted by Crippen LogP contribution is 2.27. The van der Waals surface area contributed by atoms with Gasteiger partial charge in [-0.1, -0.05) is 18.5 Å². The summed E-state index contributed by atoms with van der Waals surface area (Å²) < 4.78 is 0. The van der Waals surface area contributed by atoms with Gasteiger partial charge in [0.2, 0.25) is 0 Å². The first kappa shape index (κ1) is 12.2. The van der Waals surface area contributed by atoms with E-state index < -0.39 is 0 Å². The van der Waals surface area contributed by atoms with Crippen LogP contribution in [0.3, 0.4) is 0 Å². The number of halogens is 1. The summed E-state index contributed by atoms with van der Waals surface area (Å²) in [5.74, 6) is 5.94. The van der Waals surface area contributed by atoms with Gasteiger partial charge in [0, 0.05) is 11.1 Å². The molecular formula is C12H16ClN3O. The number of rotatable bonds is 3. The second kappa shape index (κ2) is 4.94. The molecule has 0 bridgehead atoms. The first-order valence-electron chi connectivity index (χ1n) is 5.67. The first-order valence-corrected chi connectivity index (χ1v) is 6.05. The lowest BCUT2D eigenvalue weighted by molar-refractivity contribution is 0.0897. The third kappa shape index (κ3) is 2.70. The quantitative estimate of drug-likeness (QED) is 0.571. The highest BCUT2D eigenvalue weighted by molar-refractivity contribution is 6.31. The molecule has 1 aliphatic rings. The van der Waals surface area contributed by atoms with Crippen molar-refractivity contribution in [2.24, 2.45) is 11.8 Å². The predicted molar refractivity (Wildman–Crippen MR) is 68.9 cm³/mol. The summed E-state index contributed by atoms with van der Waals surface area (Å²) in [6.07, 6.45) is 2.08. The summed E-state index contributed by atoms with van der Waals surface area (Å²) >= 11 is 5.88. The van der Waals surface area contributed by atoms with Gasteiger partial charge in [0.15, 0.2) is 0 Å². The Morgan fingerprint density at radius 2 is 2.18 bits per heavy atom. The van der Waals surface area contributed by atoms with Crippen molar-refractivity contribution in [3.05, 3.63) is 28.8 Å². The van der Waals surface area contributed by atoms with Crippen LogP contribution in [0.15, 0.2) is 18.2 Å². The minimum Gasteiger partial charge on any atom is -0.349 e. The number of hydrazine groups is 1. The van der Waals surface area contributed by atoms with Crippen molar-refractivity contribution < 1.29 is 4.79 Å². The van der Waals surface area contributed by atoms with Crippen molar-refractivity contribution >= 4 is 23.2 Å². The Morgan fingerprint density at radius 3 is 2.76 bits per heavy atom. The van der Waals surface area contributed by atoms with Crippen LogP contribution in [0.5, 0.6) is 0 Å². The molecule has 1 saturated carbocycles. The van der Waals surface area contributed by atoms with Gasteiger partial charge in [-0.05, 0) is 37.0 Å². The Morgan fingerprint density at radius 1 is 1.47 bits per heavy atom. The number of carbonyl (C=O) groups is 1. The monoisotopic (exact) mass is 253 g/mol. The summed E-state index contributed by atoms with van der Waals surface area (Å²) in [4.78, 5) is 12.0. The van der Waals surface area contributed by atoms with E-state index in [2.05, 4.69) is 17.7 Å². The Bertz CT molecular complexity index is 430. The maximum absolute atomic E-state index is 12.0. The fourth-order valence-electron chi connectivity index (χ4n) is 2.11. The maximum atomic E-state index is 12.0. The van der Waals surface area contributed by atoms with Crippen molar-refractivity contribution in [1.29, 1.82) is 0 Å². The second-order valence-electron chi connectivity index (χ2n) is 4.58. The molecule has 0 unspecified atom stereocenters. The van der Waals surface area contributed by atoms with E-state index in [0.717, 1.165) is 12.8 Å². The van der Waals surface area contributed by atoms with Crippen molar-refractivity contribution in [2.45, 2.75) is 25.8 Å². The lowest BCUT2D eigenvalue weighted by Crippen LogP contribution is -2.43. The number of nitrogens with two attached hydrogens (primary N) is 1. The third-order valence-corrected chi connectivity index (χ3v) is 3.33. The predicted octanol–water partition coefficient (Wildman–Crippen LogP) is 2.15. The second-order valence-corrected chi connectivity index (χ2v) is 5.02. The molecule has 1 fully saturated rings. The van der Waals surface area contributed by atoms with Crippen LogP contribution in [0, 0.1) is 5.92 Å². The number of anilines is 1. The van der Waals surface area contributed by atoms with Crippen LogP contribution in [-0.2, 0) is 0 Å². The lowest BCUT2D eigenvalue weighted by atomic mass is 9.82. The zero-order valence-corrected chi connectivity index (χ0v) is 10.4. The highest BCUT2D eigenvalue weighted by atomic mass is 35.5. The molecule has 0 spiro atoms. The smallest absolute Gasteiger partial charge is 0.253 e. The molecule has 0 radical (unpaired) electrons. The summed E-state index contributed by atoms with van der Waals surface area (Å²) in [7, 11) is 0. The molecule has 0 heterocycles. The van der Waals surface area contributed by atoms with Gasteiger partial charge in [-0.2, -0.15) is 0 Å². The maximum Gasteiger partial charge on any atom is 0.253 e. The van der Waals surface area contributed by atoms with Crippen LogP contribution < -0.4 is 16.6 Å². The van der Waals surface area contributed by atoms with E-state index in [4.69, 9.17) is 17.4 Å². The molecule has 4 N–H and O–H groups in total. The molecule has 5 heteroatoms. The van der Waals surface area contributed by atoms with Crippen LogP contribution >= 0.6 is 11.6 Å². The number of hydrogen-bond acceptors (Lipinski definition) is 3. The van der Waals surface area contributed by atoms with Crippen LogP contribution in [0.1, 0.15) is 30.1 Å². The van der Waals surface area contributed by atoms with Gasteiger partial charge in [0.05, 0.1) is 11.3 Å².